The fraction of sp³-hybridized carbons (Fsp3) is 0.342. The molecule has 105 heavy (non-hydrogen) atoms. The van der Waals surface area contributed by atoms with Crippen molar-refractivity contribution < 1.29 is 75.8 Å². The van der Waals surface area contributed by atoms with Crippen LogP contribution in [0.4, 0.5) is 0 Å². The lowest BCUT2D eigenvalue weighted by Gasteiger charge is -2.31. The number of furan rings is 1. The third kappa shape index (κ3) is 18.2. The highest BCUT2D eigenvalue weighted by atomic mass is 35.5. The largest absolute Gasteiger partial charge is 0.495 e. The van der Waals surface area contributed by atoms with Gasteiger partial charge < -0.3 is 63.0 Å². The van der Waals surface area contributed by atoms with Crippen molar-refractivity contribution in [2.75, 3.05) is 82.3 Å². The Hall–Kier alpha value is -8.80. The van der Waals surface area contributed by atoms with E-state index in [0.717, 1.165) is 10.3 Å². The van der Waals surface area contributed by atoms with Crippen LogP contribution in [0.1, 0.15) is 89.7 Å². The maximum atomic E-state index is 13.4. The molecular formula is C73H71Cl6N9O16S. The van der Waals surface area contributed by atoms with E-state index in [1.807, 2.05) is 0 Å². The minimum Gasteiger partial charge on any atom is -0.495 e. The van der Waals surface area contributed by atoms with E-state index in [9.17, 15) is 28.8 Å². The molecule has 32 heteroatoms. The average Bonchev–Trinajstić information content (AvgIpc) is 1.75. The molecule has 4 aliphatic rings. The number of ketones is 3. The quantitative estimate of drug-likeness (QED) is 0.0374. The zero-order valence-electron chi connectivity index (χ0n) is 57.6. The highest BCUT2D eigenvalue weighted by Gasteiger charge is 2.35. The number of hydrogen-bond acceptors (Lipinski definition) is 23. The van der Waals surface area contributed by atoms with E-state index < -0.39 is 5.78 Å². The van der Waals surface area contributed by atoms with Gasteiger partial charge in [0.15, 0.2) is 17.1 Å². The van der Waals surface area contributed by atoms with E-state index in [-0.39, 0.29) is 141 Å². The van der Waals surface area contributed by atoms with Crippen LogP contribution in [0.5, 0.6) is 34.5 Å². The Kier molecular flexibility index (Phi) is 27.0. The number of Topliss-reactive ketones (excluding diaryl/α,β-unsaturated/α-hetero) is 1. The summed E-state index contributed by atoms with van der Waals surface area (Å²) in [5, 5.41) is 9.41. The van der Waals surface area contributed by atoms with Crippen molar-refractivity contribution in [1.29, 1.82) is 0 Å². The highest BCUT2D eigenvalue weighted by Crippen LogP contribution is 2.46. The van der Waals surface area contributed by atoms with Gasteiger partial charge in [0.05, 0.1) is 136 Å². The Bertz CT molecular complexity index is 4440. The molecule has 5 aromatic heterocycles. The molecule has 6 atom stereocenters. The highest BCUT2D eigenvalue weighted by molar-refractivity contribution is 7.21. The van der Waals surface area contributed by atoms with Crippen LogP contribution in [0, 0.1) is 17.8 Å². The molecule has 8 aromatic rings. The fourth-order valence-electron chi connectivity index (χ4n) is 12.2. The lowest BCUT2D eigenvalue weighted by molar-refractivity contribution is -0.119. The van der Waals surface area contributed by atoms with Crippen LogP contribution in [0.25, 0.3) is 27.4 Å². The third-order valence-electron chi connectivity index (χ3n) is 17.7. The number of methoxy groups -OCH3 is 6. The number of ether oxygens (including phenoxy) is 9. The number of allylic oxidation sites excluding steroid dienone is 1. The molecule has 1 aliphatic carbocycles. The van der Waals surface area contributed by atoms with Gasteiger partial charge in [-0.3, -0.25) is 28.8 Å². The van der Waals surface area contributed by atoms with Gasteiger partial charge in [0.1, 0.15) is 57.5 Å². The first-order valence-corrected chi connectivity index (χ1v) is 35.7. The Labute approximate surface area is 637 Å². The van der Waals surface area contributed by atoms with Crippen LogP contribution in [0.3, 0.4) is 0 Å². The number of hydrogen-bond donors (Lipinski definition) is 3. The van der Waals surface area contributed by atoms with E-state index >= 15 is 0 Å². The number of thiophene rings is 1. The molecule has 0 spiro atoms. The van der Waals surface area contributed by atoms with E-state index in [1.165, 1.54) is 103 Å². The first-order chi connectivity index (χ1) is 50.6. The van der Waals surface area contributed by atoms with Gasteiger partial charge in [-0.2, -0.15) is 0 Å². The van der Waals surface area contributed by atoms with Crippen molar-refractivity contribution in [1.82, 2.24) is 45.9 Å². The van der Waals surface area contributed by atoms with Gasteiger partial charge in [-0.05, 0) is 49.6 Å². The van der Waals surface area contributed by atoms with Gasteiger partial charge in [-0.25, -0.2) is 29.9 Å². The summed E-state index contributed by atoms with van der Waals surface area (Å²) in [6.45, 7) is 13.7. The molecule has 3 fully saturated rings. The molecule has 25 nitrogen and oxygen atoms in total. The van der Waals surface area contributed by atoms with Crippen LogP contribution in [-0.4, -0.2) is 165 Å². The minimum atomic E-state index is -0.551. The maximum absolute atomic E-state index is 13.4. The van der Waals surface area contributed by atoms with Crippen LogP contribution >= 0.6 is 80.9 Å². The maximum Gasteiger partial charge on any atom is 0.243 e. The number of halogens is 6. The van der Waals surface area contributed by atoms with Gasteiger partial charge in [0.2, 0.25) is 29.3 Å². The monoisotopic (exact) mass is 1570 g/mol. The van der Waals surface area contributed by atoms with E-state index in [0.29, 0.717) is 146 Å². The predicted octanol–water partition coefficient (Wildman–Crippen LogP) is 12.4. The van der Waals surface area contributed by atoms with Crippen LogP contribution in [-0.2, 0) is 54.3 Å². The fourth-order valence-corrected chi connectivity index (χ4v) is 15.1. The number of fused-ring (bicyclic) bond motifs is 3. The summed E-state index contributed by atoms with van der Waals surface area (Å²) in [7, 11) is 8.65. The van der Waals surface area contributed by atoms with Crippen LogP contribution < -0.4 is 44.4 Å². The second-order valence-electron chi connectivity index (χ2n) is 24.1. The number of nitrogens with one attached hydrogen (secondary N) is 3. The summed E-state index contributed by atoms with van der Waals surface area (Å²) in [6.07, 6.45) is 14.4. The standard InChI is InChI=1S/C25H25Cl2N3O5.C24H23Cl2N3O6.C24H23Cl2N3O5S/c1-4-21(31)30-16-5-6-35-12-15(16)9-20-28-11-14-7-13(8-17(14)29-20)25(32)22-23(26)18(33-2)10-19(34-3)24(22)27;2*1-4-20(30)29-13-5-6-34-11-12(13)7-19-27-10-18-14(28-19)8-17(35-18)24(31)21-22(25)15(32-2)9-16(33-3)23(21)26/h4,8,10-11,15-16H,1,5-7,9,12H2,2-3H3,(H,30,31);2*4,8-10,12-13H,1,5-7,11H2,2-3H3,(H,29,30). The Morgan fingerprint density at radius 3 is 1.30 bits per heavy atom. The average molecular weight is 1580 g/mol. The number of carbonyl (C=O) groups excluding carboxylic acids is 6. The summed E-state index contributed by atoms with van der Waals surface area (Å²) < 4.78 is 54.9. The molecule has 552 valence electrons. The zero-order chi connectivity index (χ0) is 75.3. The second kappa shape index (κ2) is 36.0. The first-order valence-electron chi connectivity index (χ1n) is 32.6. The van der Waals surface area contributed by atoms with Gasteiger partial charge >= 0.3 is 0 Å². The van der Waals surface area contributed by atoms with Gasteiger partial charge in [-0.1, -0.05) is 89.3 Å². The summed E-state index contributed by atoms with van der Waals surface area (Å²) in [5.41, 5.74) is 3.62. The Morgan fingerprint density at radius 2 is 0.876 bits per heavy atom. The Morgan fingerprint density at radius 1 is 0.495 bits per heavy atom. The molecule has 6 unspecified atom stereocenters. The van der Waals surface area contributed by atoms with E-state index in [4.69, 9.17) is 117 Å². The second-order valence-corrected chi connectivity index (χ2v) is 27.5. The van der Waals surface area contributed by atoms with Crippen molar-refractivity contribution in [3.8, 4) is 34.5 Å². The molecular weight excluding hydrogens is 1500 g/mol. The molecule has 12 rings (SSSR count). The molecule has 0 bridgehead atoms. The number of carbonyl (C=O) groups is 6. The molecule has 0 radical (unpaired) electrons. The molecule has 3 aromatic carbocycles. The molecule has 3 amide bonds. The minimum absolute atomic E-state index is 0.00284. The summed E-state index contributed by atoms with van der Waals surface area (Å²) >= 11 is 39.7. The lowest BCUT2D eigenvalue weighted by Crippen LogP contribution is -2.46. The van der Waals surface area contributed by atoms with Gasteiger partial charge in [0.25, 0.3) is 0 Å². The van der Waals surface area contributed by atoms with Crippen molar-refractivity contribution in [2.24, 2.45) is 17.8 Å². The van der Waals surface area contributed by atoms with Crippen molar-refractivity contribution in [2.45, 2.75) is 63.1 Å². The molecule has 3 N–H and O–H groups in total. The number of amides is 3. The van der Waals surface area contributed by atoms with Crippen molar-refractivity contribution in [3.05, 3.63) is 179 Å². The number of benzene rings is 3. The van der Waals surface area contributed by atoms with Gasteiger partial charge in [-0.15, -0.1) is 11.3 Å². The van der Waals surface area contributed by atoms with Crippen LogP contribution in [0.2, 0.25) is 30.1 Å². The normalized spacial score (nSPS) is 18.1. The van der Waals surface area contributed by atoms with Gasteiger partial charge in [0, 0.05) is 129 Å². The van der Waals surface area contributed by atoms with Crippen molar-refractivity contribution >= 4 is 143 Å². The number of aromatic nitrogens is 6. The number of nitrogens with zero attached hydrogens (tertiary/aromatic N) is 6. The van der Waals surface area contributed by atoms with E-state index in [1.54, 1.807) is 24.5 Å². The first kappa shape index (κ1) is 78.8. The SMILES string of the molecule is C=CC(=O)NC1CCOCC1Cc1ncc2c(n1)C=C(C(=O)c1c(Cl)c(OC)cc(OC)c1Cl)C2.C=CC(=O)NC1CCOCC1Cc1ncc2oc(C(=O)c3c(Cl)c(OC)cc(OC)c3Cl)cc2n1.C=CC(=O)NC1CCOCC1Cc1ncc2sc(C(=O)c3c(Cl)c(OC)cc(OC)c3Cl)cc2n1. The smallest absolute Gasteiger partial charge is 0.243 e. The lowest BCUT2D eigenvalue weighted by atomic mass is 9.92. The summed E-state index contributed by atoms with van der Waals surface area (Å²) in [4.78, 5) is 103. The number of rotatable bonds is 24. The Balaban J connectivity index is 0.000000169. The third-order valence-corrected chi connectivity index (χ3v) is 21.0. The zero-order valence-corrected chi connectivity index (χ0v) is 62.9. The summed E-state index contributed by atoms with van der Waals surface area (Å²) in [5.74, 6) is 1.49. The predicted molar refractivity (Wildman–Crippen MR) is 397 cm³/mol. The van der Waals surface area contributed by atoms with Crippen molar-refractivity contribution in [3.63, 3.8) is 0 Å². The molecule has 3 aliphatic heterocycles. The van der Waals surface area contributed by atoms with Crippen LogP contribution in [0.15, 0.2) is 96.9 Å². The molecule has 3 saturated heterocycles. The topological polar surface area (TPSA) is 312 Å². The molecule has 0 saturated carbocycles. The molecule has 8 heterocycles. The summed E-state index contributed by atoms with van der Waals surface area (Å²) in [6, 6.07) is 7.59. The van der Waals surface area contributed by atoms with E-state index in [2.05, 4.69) is 65.6 Å².